The summed E-state index contributed by atoms with van der Waals surface area (Å²) in [6, 6.07) is 11.8. The van der Waals surface area contributed by atoms with E-state index in [0.29, 0.717) is 37.1 Å². The van der Waals surface area contributed by atoms with Gasteiger partial charge in [-0.3, -0.25) is 4.57 Å². The van der Waals surface area contributed by atoms with Crippen molar-refractivity contribution in [2.24, 2.45) is 0 Å². The standard InChI is InChI=1S/C22H18Br2FO6P/c1-32(29,30)11-13-7-17(23)21(18(24)8-13)31-15-3-5-20(26)14(10-15)6-12-2-4-16(22(27)28)19(25)9-12/h2-5,7-10,26H,6,11H2,1H3,(H,27,28)(H,29,30). The molecule has 3 aromatic rings. The van der Waals surface area contributed by atoms with Gasteiger partial charge in [0.15, 0.2) is 5.75 Å². The molecule has 0 aromatic heterocycles. The van der Waals surface area contributed by atoms with Gasteiger partial charge in [-0.25, -0.2) is 9.18 Å². The lowest BCUT2D eigenvalue weighted by Gasteiger charge is -2.14. The minimum atomic E-state index is -3.24. The van der Waals surface area contributed by atoms with Crippen LogP contribution in [0.4, 0.5) is 4.39 Å². The van der Waals surface area contributed by atoms with E-state index in [-0.39, 0.29) is 18.3 Å². The molecule has 1 unspecified atom stereocenters. The molecule has 0 fully saturated rings. The lowest BCUT2D eigenvalue weighted by atomic mass is 10.0. The number of hydrogen-bond donors (Lipinski definition) is 3. The highest BCUT2D eigenvalue weighted by Gasteiger charge is 2.17. The minimum Gasteiger partial charge on any atom is -0.508 e. The van der Waals surface area contributed by atoms with E-state index in [0.717, 1.165) is 6.07 Å². The largest absolute Gasteiger partial charge is 0.508 e. The molecule has 3 rings (SSSR count). The fourth-order valence-corrected chi connectivity index (χ4v) is 5.39. The Morgan fingerprint density at radius 1 is 1.06 bits per heavy atom. The van der Waals surface area contributed by atoms with Crippen LogP contribution in [0.15, 0.2) is 57.5 Å². The summed E-state index contributed by atoms with van der Waals surface area (Å²) in [4.78, 5) is 20.6. The molecule has 0 radical (unpaired) electrons. The van der Waals surface area contributed by atoms with E-state index in [9.17, 15) is 23.7 Å². The van der Waals surface area contributed by atoms with Crippen molar-refractivity contribution < 1.29 is 33.6 Å². The molecule has 0 aliphatic heterocycles. The first-order chi connectivity index (χ1) is 14.9. The first-order valence-electron chi connectivity index (χ1n) is 9.21. The van der Waals surface area contributed by atoms with E-state index in [1.807, 2.05) is 0 Å². The predicted octanol–water partition coefficient (Wildman–Crippen LogP) is 6.54. The maximum Gasteiger partial charge on any atom is 0.338 e. The quantitative estimate of drug-likeness (QED) is 0.271. The van der Waals surface area contributed by atoms with E-state index in [2.05, 4.69) is 31.9 Å². The van der Waals surface area contributed by atoms with Gasteiger partial charge in [0.05, 0.1) is 14.5 Å². The summed E-state index contributed by atoms with van der Waals surface area (Å²) in [7, 11) is -3.24. The number of phenolic OH excluding ortho intramolecular Hbond substituents is 1. The van der Waals surface area contributed by atoms with Gasteiger partial charge in [-0.1, -0.05) is 6.07 Å². The van der Waals surface area contributed by atoms with Crippen LogP contribution in [0.5, 0.6) is 17.2 Å². The van der Waals surface area contributed by atoms with Crippen LogP contribution in [0.2, 0.25) is 0 Å². The van der Waals surface area contributed by atoms with Crippen LogP contribution in [0, 0.1) is 5.82 Å². The van der Waals surface area contributed by atoms with Crippen molar-refractivity contribution in [3.8, 4) is 17.2 Å². The first-order valence-corrected chi connectivity index (χ1v) is 13.1. The lowest BCUT2D eigenvalue weighted by molar-refractivity contribution is 0.0692. The Labute approximate surface area is 200 Å². The molecule has 0 spiro atoms. The van der Waals surface area contributed by atoms with Crippen molar-refractivity contribution in [1.82, 2.24) is 0 Å². The van der Waals surface area contributed by atoms with E-state index < -0.39 is 24.7 Å². The molecule has 0 heterocycles. The number of rotatable bonds is 7. The zero-order valence-electron chi connectivity index (χ0n) is 16.7. The number of carboxylic acid groups (broad SMARTS) is 1. The van der Waals surface area contributed by atoms with Gasteiger partial charge in [-0.2, -0.15) is 0 Å². The van der Waals surface area contributed by atoms with Crippen molar-refractivity contribution in [2.75, 3.05) is 6.66 Å². The Kier molecular flexibility index (Phi) is 7.45. The van der Waals surface area contributed by atoms with E-state index >= 15 is 0 Å². The normalized spacial score (nSPS) is 12.9. The summed E-state index contributed by atoms with van der Waals surface area (Å²) in [5.41, 5.74) is 1.18. The molecular formula is C22H18Br2FO6P. The second-order valence-corrected chi connectivity index (χ2v) is 11.4. The summed E-state index contributed by atoms with van der Waals surface area (Å²) in [6.07, 6.45) is 0.175. The summed E-state index contributed by atoms with van der Waals surface area (Å²) in [6.45, 7) is 1.29. The topological polar surface area (TPSA) is 104 Å². The Bertz CT molecular complexity index is 1220. The van der Waals surface area contributed by atoms with Crippen molar-refractivity contribution in [3.63, 3.8) is 0 Å². The summed E-state index contributed by atoms with van der Waals surface area (Å²) in [5, 5.41) is 19.2. The van der Waals surface area contributed by atoms with Gasteiger partial charge in [-0.15, -0.1) is 0 Å². The number of aromatic hydroxyl groups is 1. The van der Waals surface area contributed by atoms with Crippen LogP contribution < -0.4 is 4.74 Å². The first kappa shape index (κ1) is 24.5. The van der Waals surface area contributed by atoms with Crippen molar-refractivity contribution >= 4 is 45.2 Å². The number of carboxylic acids is 1. The monoisotopic (exact) mass is 586 g/mol. The molecule has 0 amide bonds. The third kappa shape index (κ3) is 6.19. The fourth-order valence-electron chi connectivity index (χ4n) is 3.09. The average Bonchev–Trinajstić information content (AvgIpc) is 2.65. The van der Waals surface area contributed by atoms with Crippen LogP contribution >= 0.6 is 39.2 Å². The Morgan fingerprint density at radius 2 is 1.72 bits per heavy atom. The summed E-state index contributed by atoms with van der Waals surface area (Å²) < 4.78 is 32.8. The van der Waals surface area contributed by atoms with Gasteiger partial charge >= 0.3 is 5.97 Å². The van der Waals surface area contributed by atoms with Gasteiger partial charge in [0.2, 0.25) is 7.37 Å². The zero-order valence-corrected chi connectivity index (χ0v) is 20.7. The summed E-state index contributed by atoms with van der Waals surface area (Å²) in [5.74, 6) is -1.39. The number of carbonyl (C=O) groups is 1. The molecule has 0 saturated heterocycles. The maximum atomic E-state index is 14.0. The van der Waals surface area contributed by atoms with Gasteiger partial charge in [0.1, 0.15) is 17.3 Å². The number of aromatic carboxylic acids is 1. The highest BCUT2D eigenvalue weighted by molar-refractivity contribution is 9.11. The van der Waals surface area contributed by atoms with Crippen molar-refractivity contribution in [1.29, 1.82) is 0 Å². The highest BCUT2D eigenvalue weighted by Crippen LogP contribution is 2.44. The fraction of sp³-hybridized carbons (Fsp3) is 0.136. The average molecular weight is 588 g/mol. The van der Waals surface area contributed by atoms with Crippen LogP contribution in [-0.4, -0.2) is 27.7 Å². The zero-order chi connectivity index (χ0) is 23.6. The van der Waals surface area contributed by atoms with Crippen LogP contribution in [-0.2, 0) is 17.1 Å². The SMILES string of the molecule is CP(=O)(O)Cc1cc(Br)c(Oc2ccc(O)c(Cc3ccc(C(=O)O)c(F)c3)c2)c(Br)c1. The molecule has 168 valence electrons. The molecule has 3 aromatic carbocycles. The molecule has 3 N–H and O–H groups in total. The molecule has 0 saturated carbocycles. The molecule has 10 heteroatoms. The second-order valence-electron chi connectivity index (χ2n) is 7.29. The van der Waals surface area contributed by atoms with E-state index in [4.69, 9.17) is 9.84 Å². The molecule has 0 aliphatic rings. The van der Waals surface area contributed by atoms with E-state index in [1.165, 1.54) is 24.9 Å². The molecule has 1 atom stereocenters. The minimum absolute atomic E-state index is 0.0183. The van der Waals surface area contributed by atoms with Gasteiger partial charge in [0, 0.05) is 24.8 Å². The van der Waals surface area contributed by atoms with Crippen LogP contribution in [0.25, 0.3) is 0 Å². The third-order valence-electron chi connectivity index (χ3n) is 4.46. The number of halogens is 3. The van der Waals surface area contributed by atoms with Gasteiger partial charge in [-0.05, 0) is 85.5 Å². The molecule has 32 heavy (non-hydrogen) atoms. The third-order valence-corrected chi connectivity index (χ3v) is 6.59. The smallest absolute Gasteiger partial charge is 0.338 e. The molecular weight excluding hydrogens is 570 g/mol. The Balaban J connectivity index is 1.86. The van der Waals surface area contributed by atoms with Crippen LogP contribution in [0.1, 0.15) is 27.0 Å². The molecule has 6 nitrogen and oxygen atoms in total. The van der Waals surface area contributed by atoms with Crippen LogP contribution in [0.3, 0.4) is 0 Å². The predicted molar refractivity (Wildman–Crippen MR) is 126 cm³/mol. The van der Waals surface area contributed by atoms with E-state index in [1.54, 1.807) is 24.3 Å². The number of hydrogen-bond acceptors (Lipinski definition) is 4. The maximum absolute atomic E-state index is 14.0. The second kappa shape index (κ2) is 9.75. The summed E-state index contributed by atoms with van der Waals surface area (Å²) >= 11 is 6.82. The number of phenols is 1. The molecule has 0 aliphatic carbocycles. The molecule has 0 bridgehead atoms. The Morgan fingerprint density at radius 3 is 2.28 bits per heavy atom. The van der Waals surface area contributed by atoms with Crippen molar-refractivity contribution in [3.05, 3.63) is 85.5 Å². The lowest BCUT2D eigenvalue weighted by Crippen LogP contribution is -2.01. The van der Waals surface area contributed by atoms with Gasteiger partial charge < -0.3 is 19.8 Å². The highest BCUT2D eigenvalue weighted by atomic mass is 79.9. The number of benzene rings is 3. The Hall–Kier alpha value is -2.19. The van der Waals surface area contributed by atoms with Crippen molar-refractivity contribution in [2.45, 2.75) is 12.6 Å². The number of ether oxygens (including phenoxy) is 1. The van der Waals surface area contributed by atoms with Gasteiger partial charge in [0.25, 0.3) is 0 Å².